The van der Waals surface area contributed by atoms with Crippen LogP contribution in [0.5, 0.6) is 0 Å². The fourth-order valence-electron chi connectivity index (χ4n) is 3.05. The van der Waals surface area contributed by atoms with Crippen molar-refractivity contribution in [2.45, 2.75) is 11.4 Å². The predicted octanol–water partition coefficient (Wildman–Crippen LogP) is 4.49. The van der Waals surface area contributed by atoms with E-state index in [4.69, 9.17) is 23.2 Å². The average Bonchev–Trinajstić information content (AvgIpc) is 2.97. The molecule has 0 radical (unpaired) electrons. The SMILES string of the molecule is O=c1[nH]n(Cc2ccccc2)c2ccc(NS(=O)(=O)c3ccc(Cl)cc3Cl)cc12. The minimum atomic E-state index is -3.94. The van der Waals surface area contributed by atoms with Gasteiger partial charge in [0.05, 0.1) is 22.5 Å². The molecule has 0 saturated heterocycles. The lowest BCUT2D eigenvalue weighted by atomic mass is 10.2. The van der Waals surface area contributed by atoms with Crippen LogP contribution in [-0.2, 0) is 16.6 Å². The first-order chi connectivity index (χ1) is 13.8. The quantitative estimate of drug-likeness (QED) is 0.472. The second-order valence-electron chi connectivity index (χ2n) is 6.42. The van der Waals surface area contributed by atoms with Crippen LogP contribution in [0.2, 0.25) is 10.0 Å². The molecular weight excluding hydrogens is 433 g/mol. The summed E-state index contributed by atoms with van der Waals surface area (Å²) in [5.74, 6) is 0. The summed E-state index contributed by atoms with van der Waals surface area (Å²) in [6.45, 7) is 0.491. The zero-order chi connectivity index (χ0) is 20.6. The predicted molar refractivity (Wildman–Crippen MR) is 115 cm³/mol. The third-order valence-corrected chi connectivity index (χ3v) is 6.49. The molecule has 6 nitrogen and oxygen atoms in total. The molecule has 29 heavy (non-hydrogen) atoms. The molecule has 0 atom stereocenters. The fraction of sp³-hybridized carbons (Fsp3) is 0.0500. The molecule has 0 fully saturated rings. The van der Waals surface area contributed by atoms with Crippen molar-refractivity contribution in [2.75, 3.05) is 4.72 Å². The number of nitrogens with one attached hydrogen (secondary N) is 2. The van der Waals surface area contributed by atoms with Crippen LogP contribution in [0.3, 0.4) is 0 Å². The Hall–Kier alpha value is -2.74. The van der Waals surface area contributed by atoms with Crippen LogP contribution in [0.1, 0.15) is 5.56 Å². The van der Waals surface area contributed by atoms with Gasteiger partial charge in [-0.05, 0) is 42.0 Å². The van der Waals surface area contributed by atoms with Gasteiger partial charge in [0.25, 0.3) is 15.6 Å². The standard InChI is InChI=1S/C20H15Cl2N3O3S/c21-14-6-9-19(17(22)10-14)29(27,28)24-15-7-8-18-16(11-15)20(26)23-25(18)12-13-4-2-1-3-5-13/h1-11,24H,12H2,(H,23,26). The van der Waals surface area contributed by atoms with E-state index < -0.39 is 10.0 Å². The monoisotopic (exact) mass is 447 g/mol. The van der Waals surface area contributed by atoms with Gasteiger partial charge in [-0.15, -0.1) is 0 Å². The lowest BCUT2D eigenvalue weighted by Gasteiger charge is -2.10. The van der Waals surface area contributed by atoms with E-state index in [0.717, 1.165) is 5.56 Å². The highest BCUT2D eigenvalue weighted by Gasteiger charge is 2.19. The molecule has 0 aliphatic carbocycles. The Morgan fingerprint density at radius 2 is 1.72 bits per heavy atom. The van der Waals surface area contributed by atoms with E-state index in [1.54, 1.807) is 16.8 Å². The third-order valence-electron chi connectivity index (χ3n) is 4.39. The van der Waals surface area contributed by atoms with Gasteiger partial charge in [-0.3, -0.25) is 19.3 Å². The topological polar surface area (TPSA) is 84.0 Å². The van der Waals surface area contributed by atoms with Gasteiger partial charge in [0.1, 0.15) is 4.90 Å². The number of fused-ring (bicyclic) bond motifs is 1. The normalized spacial score (nSPS) is 11.7. The maximum atomic E-state index is 12.7. The molecule has 1 heterocycles. The molecule has 1 aromatic heterocycles. The van der Waals surface area contributed by atoms with Crippen LogP contribution in [0.4, 0.5) is 5.69 Å². The van der Waals surface area contributed by atoms with E-state index in [1.807, 2.05) is 30.3 Å². The summed E-state index contributed by atoms with van der Waals surface area (Å²) in [6, 6.07) is 18.6. The molecular formula is C20H15Cl2N3O3S. The number of sulfonamides is 1. The number of benzene rings is 3. The summed E-state index contributed by atoms with van der Waals surface area (Å²) in [4.78, 5) is 12.3. The third kappa shape index (κ3) is 4.03. The lowest BCUT2D eigenvalue weighted by Crippen LogP contribution is -2.13. The Bertz CT molecular complexity index is 1360. The molecule has 3 aromatic carbocycles. The number of H-pyrrole nitrogens is 1. The Labute approximate surface area is 176 Å². The molecule has 0 saturated carbocycles. The Kier molecular flexibility index (Phi) is 5.12. The molecule has 0 spiro atoms. The number of hydrogen-bond donors (Lipinski definition) is 2. The molecule has 0 bridgehead atoms. The summed E-state index contributed by atoms with van der Waals surface area (Å²) >= 11 is 11.8. The first-order valence-corrected chi connectivity index (χ1v) is 10.8. The van der Waals surface area contributed by atoms with Gasteiger partial charge in [0, 0.05) is 10.7 Å². The largest absolute Gasteiger partial charge is 0.280 e. The number of hydrogen-bond acceptors (Lipinski definition) is 3. The molecule has 4 aromatic rings. The number of aromatic nitrogens is 2. The Morgan fingerprint density at radius 3 is 2.45 bits per heavy atom. The zero-order valence-corrected chi connectivity index (χ0v) is 17.2. The maximum Gasteiger partial charge on any atom is 0.272 e. The van der Waals surface area contributed by atoms with Gasteiger partial charge in [0.15, 0.2) is 0 Å². The molecule has 0 aliphatic heterocycles. The number of halogens is 2. The average molecular weight is 448 g/mol. The minimum absolute atomic E-state index is 0.0120. The van der Waals surface area contributed by atoms with Gasteiger partial charge in [-0.25, -0.2) is 8.42 Å². The van der Waals surface area contributed by atoms with E-state index in [9.17, 15) is 13.2 Å². The van der Waals surface area contributed by atoms with Crippen molar-refractivity contribution >= 4 is 49.8 Å². The maximum absolute atomic E-state index is 12.7. The molecule has 4 rings (SSSR count). The van der Waals surface area contributed by atoms with Crippen molar-refractivity contribution in [3.8, 4) is 0 Å². The van der Waals surface area contributed by atoms with Crippen molar-refractivity contribution in [2.24, 2.45) is 0 Å². The Balaban J connectivity index is 1.67. The number of aromatic amines is 1. The van der Waals surface area contributed by atoms with Crippen molar-refractivity contribution in [3.05, 3.63) is 92.7 Å². The number of anilines is 1. The molecule has 0 amide bonds. The van der Waals surface area contributed by atoms with Crippen molar-refractivity contribution in [1.82, 2.24) is 9.78 Å². The second kappa shape index (κ2) is 7.59. The summed E-state index contributed by atoms with van der Waals surface area (Å²) in [7, 11) is -3.94. The van der Waals surface area contributed by atoms with Gasteiger partial charge in [-0.2, -0.15) is 0 Å². The summed E-state index contributed by atoms with van der Waals surface area (Å²) in [6.07, 6.45) is 0. The molecule has 0 unspecified atom stereocenters. The fourth-order valence-corrected chi connectivity index (χ4v) is 4.88. The van der Waals surface area contributed by atoms with Gasteiger partial charge < -0.3 is 0 Å². The Morgan fingerprint density at radius 1 is 0.966 bits per heavy atom. The van der Waals surface area contributed by atoms with Crippen LogP contribution in [0.15, 0.2) is 76.4 Å². The summed E-state index contributed by atoms with van der Waals surface area (Å²) in [5, 5.41) is 3.51. The van der Waals surface area contributed by atoms with Crippen LogP contribution in [0.25, 0.3) is 10.9 Å². The van der Waals surface area contributed by atoms with Crippen LogP contribution < -0.4 is 10.3 Å². The first kappa shape index (κ1) is 19.6. The van der Waals surface area contributed by atoms with E-state index in [0.29, 0.717) is 22.5 Å². The second-order valence-corrected chi connectivity index (χ2v) is 8.92. The van der Waals surface area contributed by atoms with E-state index >= 15 is 0 Å². The van der Waals surface area contributed by atoms with Crippen LogP contribution in [0, 0.1) is 0 Å². The van der Waals surface area contributed by atoms with Crippen molar-refractivity contribution in [3.63, 3.8) is 0 Å². The minimum Gasteiger partial charge on any atom is -0.280 e. The van der Waals surface area contributed by atoms with Crippen molar-refractivity contribution < 1.29 is 8.42 Å². The smallest absolute Gasteiger partial charge is 0.272 e. The summed E-state index contributed by atoms with van der Waals surface area (Å²) < 4.78 is 29.5. The van der Waals surface area contributed by atoms with Gasteiger partial charge in [-0.1, -0.05) is 53.5 Å². The molecule has 148 valence electrons. The first-order valence-electron chi connectivity index (χ1n) is 8.58. The summed E-state index contributed by atoms with van der Waals surface area (Å²) in [5.41, 5.74) is 1.65. The van der Waals surface area contributed by atoms with Crippen LogP contribution in [-0.4, -0.2) is 18.2 Å². The van der Waals surface area contributed by atoms with E-state index in [-0.39, 0.29) is 21.2 Å². The van der Waals surface area contributed by atoms with E-state index in [1.165, 1.54) is 24.3 Å². The number of nitrogens with zero attached hydrogens (tertiary/aromatic N) is 1. The molecule has 2 N–H and O–H groups in total. The van der Waals surface area contributed by atoms with Crippen LogP contribution >= 0.6 is 23.2 Å². The van der Waals surface area contributed by atoms with E-state index in [2.05, 4.69) is 9.82 Å². The molecule has 0 aliphatic rings. The highest BCUT2D eigenvalue weighted by atomic mass is 35.5. The number of rotatable bonds is 5. The van der Waals surface area contributed by atoms with Gasteiger partial charge in [0.2, 0.25) is 0 Å². The lowest BCUT2D eigenvalue weighted by molar-refractivity contribution is 0.601. The zero-order valence-electron chi connectivity index (χ0n) is 14.9. The van der Waals surface area contributed by atoms with Crippen molar-refractivity contribution in [1.29, 1.82) is 0 Å². The highest BCUT2D eigenvalue weighted by molar-refractivity contribution is 7.92. The molecule has 9 heteroatoms. The van der Waals surface area contributed by atoms with Gasteiger partial charge >= 0.3 is 0 Å². The highest BCUT2D eigenvalue weighted by Crippen LogP contribution is 2.27.